The van der Waals surface area contributed by atoms with Crippen LogP contribution in [-0.2, 0) is 17.5 Å². The molecule has 0 bridgehead atoms. The normalized spacial score (nSPS) is 20.2. The minimum atomic E-state index is -4.35. The van der Waals surface area contributed by atoms with Crippen LogP contribution in [0.25, 0.3) is 0 Å². The van der Waals surface area contributed by atoms with Gasteiger partial charge in [0, 0.05) is 12.6 Å². The van der Waals surface area contributed by atoms with Gasteiger partial charge in [-0.1, -0.05) is 42.0 Å². The van der Waals surface area contributed by atoms with Crippen LogP contribution < -0.4 is 16.2 Å². The van der Waals surface area contributed by atoms with Crippen LogP contribution in [0, 0.1) is 6.92 Å². The van der Waals surface area contributed by atoms with Gasteiger partial charge in [-0.25, -0.2) is 10.9 Å². The Hall–Kier alpha value is -2.38. The molecule has 2 aromatic rings. The molecule has 1 fully saturated rings. The second-order valence-corrected chi connectivity index (χ2v) is 6.45. The van der Waals surface area contributed by atoms with Crippen molar-refractivity contribution >= 4 is 5.91 Å². The molecule has 0 radical (unpaired) electrons. The molecule has 1 saturated heterocycles. The van der Waals surface area contributed by atoms with E-state index in [1.165, 1.54) is 17.7 Å². The molecule has 7 heteroatoms. The van der Waals surface area contributed by atoms with Gasteiger partial charge in [-0.15, -0.1) is 0 Å². The molecule has 138 valence electrons. The summed E-state index contributed by atoms with van der Waals surface area (Å²) in [5, 5.41) is 2.76. The van der Waals surface area contributed by atoms with Gasteiger partial charge in [0.2, 0.25) is 5.91 Å². The molecule has 0 spiro atoms. The van der Waals surface area contributed by atoms with E-state index in [2.05, 4.69) is 16.2 Å². The first kappa shape index (κ1) is 18.4. The van der Waals surface area contributed by atoms with Crippen LogP contribution >= 0.6 is 0 Å². The molecule has 3 N–H and O–H groups in total. The minimum absolute atomic E-state index is 0.0393. The molecule has 2 unspecified atom stereocenters. The third kappa shape index (κ3) is 4.42. The largest absolute Gasteiger partial charge is 0.416 e. The molecule has 1 aliphatic heterocycles. The van der Waals surface area contributed by atoms with Crippen LogP contribution in [0.3, 0.4) is 0 Å². The summed E-state index contributed by atoms with van der Waals surface area (Å²) in [5.41, 5.74) is 8.27. The van der Waals surface area contributed by atoms with E-state index >= 15 is 0 Å². The number of rotatable bonds is 4. The Labute approximate surface area is 149 Å². The molecule has 4 nitrogen and oxygen atoms in total. The Kier molecular flexibility index (Phi) is 5.29. The maximum Gasteiger partial charge on any atom is 0.416 e. The van der Waals surface area contributed by atoms with Crippen LogP contribution in [0.5, 0.6) is 0 Å². The quantitative estimate of drug-likeness (QED) is 0.782. The molecule has 1 amide bonds. The van der Waals surface area contributed by atoms with Crippen LogP contribution in [0.2, 0.25) is 0 Å². The second kappa shape index (κ2) is 7.47. The van der Waals surface area contributed by atoms with Gasteiger partial charge >= 0.3 is 6.18 Å². The number of aryl methyl sites for hydroxylation is 1. The van der Waals surface area contributed by atoms with E-state index in [4.69, 9.17) is 0 Å². The molecule has 1 aliphatic rings. The lowest BCUT2D eigenvalue weighted by molar-refractivity contribution is -0.137. The number of benzene rings is 2. The fourth-order valence-corrected chi connectivity index (χ4v) is 2.87. The summed E-state index contributed by atoms with van der Waals surface area (Å²) in [6.07, 6.45) is -3.76. The van der Waals surface area contributed by atoms with E-state index in [9.17, 15) is 18.0 Å². The molecular weight excluding hydrogens is 343 g/mol. The van der Waals surface area contributed by atoms with Gasteiger partial charge in [0.1, 0.15) is 6.04 Å². The zero-order chi connectivity index (χ0) is 18.7. The Morgan fingerprint density at radius 2 is 1.73 bits per heavy atom. The average Bonchev–Trinajstić information content (AvgIpc) is 3.10. The van der Waals surface area contributed by atoms with Crippen molar-refractivity contribution in [3.8, 4) is 0 Å². The average molecular weight is 363 g/mol. The number of hydrogen-bond acceptors (Lipinski definition) is 3. The Morgan fingerprint density at radius 1 is 1.08 bits per heavy atom. The summed E-state index contributed by atoms with van der Waals surface area (Å²) in [4.78, 5) is 12.3. The lowest BCUT2D eigenvalue weighted by Crippen LogP contribution is -2.42. The summed E-state index contributed by atoms with van der Waals surface area (Å²) in [5.74, 6) is -0.188. The summed E-state index contributed by atoms with van der Waals surface area (Å²) in [6, 6.07) is 12.5. The summed E-state index contributed by atoms with van der Waals surface area (Å²) in [7, 11) is 0. The topological polar surface area (TPSA) is 53.2 Å². The van der Waals surface area contributed by atoms with Crippen molar-refractivity contribution < 1.29 is 18.0 Å². The lowest BCUT2D eigenvalue weighted by Gasteiger charge is -2.12. The first-order valence-corrected chi connectivity index (χ1v) is 8.34. The Balaban J connectivity index is 1.52. The molecule has 26 heavy (non-hydrogen) atoms. The van der Waals surface area contributed by atoms with Gasteiger partial charge in [-0.05, 0) is 36.6 Å². The van der Waals surface area contributed by atoms with Crippen molar-refractivity contribution in [1.82, 2.24) is 16.2 Å². The maximum absolute atomic E-state index is 12.6. The van der Waals surface area contributed by atoms with E-state index < -0.39 is 17.8 Å². The molecule has 3 rings (SSSR count). The van der Waals surface area contributed by atoms with Crippen molar-refractivity contribution in [1.29, 1.82) is 0 Å². The fraction of sp³-hybridized carbons (Fsp3) is 0.316. The predicted octanol–water partition coefficient (Wildman–Crippen LogP) is 3.24. The maximum atomic E-state index is 12.6. The van der Waals surface area contributed by atoms with E-state index in [0.717, 1.165) is 17.7 Å². The van der Waals surface area contributed by atoms with Crippen LogP contribution in [0.1, 0.15) is 34.7 Å². The van der Waals surface area contributed by atoms with Crippen molar-refractivity contribution in [2.75, 3.05) is 0 Å². The number of carbonyl (C=O) groups excluding carboxylic acids is 1. The highest BCUT2D eigenvalue weighted by Gasteiger charge is 2.31. The van der Waals surface area contributed by atoms with Gasteiger partial charge in [0.25, 0.3) is 0 Å². The standard InChI is InChI=1S/C19H20F3N3O/c1-12-2-6-14(7-3-12)16-10-17(25-24-16)18(26)23-11-13-4-8-15(9-5-13)19(20,21)22/h2-9,16-17,24-25H,10-11H2,1H3,(H,23,26). The summed E-state index contributed by atoms with van der Waals surface area (Å²) >= 11 is 0. The molecule has 0 aliphatic carbocycles. The smallest absolute Gasteiger partial charge is 0.351 e. The number of hydrazine groups is 1. The van der Waals surface area contributed by atoms with E-state index in [1.54, 1.807) is 0 Å². The Bertz CT molecular complexity index is 757. The summed E-state index contributed by atoms with van der Waals surface area (Å²) < 4.78 is 37.7. The molecule has 0 saturated carbocycles. The minimum Gasteiger partial charge on any atom is -0.351 e. The van der Waals surface area contributed by atoms with Crippen LogP contribution in [0.4, 0.5) is 13.2 Å². The fourth-order valence-electron chi connectivity index (χ4n) is 2.87. The Morgan fingerprint density at radius 3 is 2.35 bits per heavy atom. The molecule has 2 aromatic carbocycles. The van der Waals surface area contributed by atoms with E-state index in [0.29, 0.717) is 12.0 Å². The van der Waals surface area contributed by atoms with Crippen molar-refractivity contribution in [3.05, 3.63) is 70.8 Å². The monoisotopic (exact) mass is 363 g/mol. The molecular formula is C19H20F3N3O. The SMILES string of the molecule is Cc1ccc(C2CC(C(=O)NCc3ccc(C(F)(F)F)cc3)NN2)cc1. The lowest BCUT2D eigenvalue weighted by atomic mass is 10.0. The highest BCUT2D eigenvalue weighted by atomic mass is 19.4. The van der Waals surface area contributed by atoms with Crippen molar-refractivity contribution in [3.63, 3.8) is 0 Å². The number of halogens is 3. The molecule has 0 aromatic heterocycles. The third-order valence-electron chi connectivity index (χ3n) is 4.45. The number of hydrogen-bond donors (Lipinski definition) is 3. The van der Waals surface area contributed by atoms with Gasteiger partial charge < -0.3 is 5.32 Å². The number of amides is 1. The second-order valence-electron chi connectivity index (χ2n) is 6.45. The molecule has 2 atom stereocenters. The predicted molar refractivity (Wildman–Crippen MR) is 91.9 cm³/mol. The first-order valence-electron chi connectivity index (χ1n) is 8.34. The van der Waals surface area contributed by atoms with Gasteiger partial charge in [-0.2, -0.15) is 13.2 Å². The van der Waals surface area contributed by atoms with Gasteiger partial charge in [-0.3, -0.25) is 4.79 Å². The highest BCUT2D eigenvalue weighted by Crippen LogP contribution is 2.29. The number of nitrogens with one attached hydrogen (secondary N) is 3. The van der Waals surface area contributed by atoms with Crippen molar-refractivity contribution in [2.24, 2.45) is 0 Å². The zero-order valence-corrected chi connectivity index (χ0v) is 14.2. The zero-order valence-electron chi connectivity index (χ0n) is 14.2. The van der Waals surface area contributed by atoms with Gasteiger partial charge in [0.15, 0.2) is 0 Å². The summed E-state index contributed by atoms with van der Waals surface area (Å²) in [6.45, 7) is 2.20. The van der Waals surface area contributed by atoms with Crippen LogP contribution in [0.15, 0.2) is 48.5 Å². The van der Waals surface area contributed by atoms with Gasteiger partial charge in [0.05, 0.1) is 5.56 Å². The molecule has 1 heterocycles. The first-order chi connectivity index (χ1) is 12.3. The number of alkyl halides is 3. The highest BCUT2D eigenvalue weighted by molar-refractivity contribution is 5.82. The van der Waals surface area contributed by atoms with Crippen LogP contribution in [-0.4, -0.2) is 11.9 Å². The number of carbonyl (C=O) groups is 1. The van der Waals surface area contributed by atoms with E-state index in [-0.39, 0.29) is 18.5 Å². The third-order valence-corrected chi connectivity index (χ3v) is 4.45. The van der Waals surface area contributed by atoms with E-state index in [1.807, 2.05) is 31.2 Å². The van der Waals surface area contributed by atoms with Crippen molar-refractivity contribution in [2.45, 2.75) is 38.1 Å².